The molecule has 0 aromatic heterocycles. The molecule has 12 heavy (non-hydrogen) atoms. The second kappa shape index (κ2) is 3.51. The minimum absolute atomic E-state index is 0.178. The molecule has 0 saturated carbocycles. The van der Waals surface area contributed by atoms with Crippen LogP contribution in [0.5, 0.6) is 0 Å². The SMILES string of the molecule is C#CCCCC1=CC(Cl)(Cl)C1=O. The van der Waals surface area contributed by atoms with Crippen LogP contribution in [0, 0.1) is 12.3 Å². The van der Waals surface area contributed by atoms with Crippen molar-refractivity contribution in [3.05, 3.63) is 11.6 Å². The van der Waals surface area contributed by atoms with Gasteiger partial charge in [-0.25, -0.2) is 0 Å². The summed E-state index contributed by atoms with van der Waals surface area (Å²) in [6.07, 6.45) is 8.82. The van der Waals surface area contributed by atoms with E-state index in [1.54, 1.807) is 6.08 Å². The van der Waals surface area contributed by atoms with Gasteiger partial charge >= 0.3 is 0 Å². The Morgan fingerprint density at radius 1 is 1.58 bits per heavy atom. The standard InChI is InChI=1S/C9H8Cl2O/c1-2-3-4-5-7-6-9(10,11)8(7)12/h1,6H,3-5H2. The van der Waals surface area contributed by atoms with Gasteiger partial charge in [-0.2, -0.15) is 0 Å². The Hall–Kier alpha value is -0.450. The molecule has 1 aliphatic rings. The molecular weight excluding hydrogens is 195 g/mol. The highest BCUT2D eigenvalue weighted by Gasteiger charge is 2.42. The molecule has 0 amide bonds. The van der Waals surface area contributed by atoms with Gasteiger partial charge in [0.2, 0.25) is 0 Å². The van der Waals surface area contributed by atoms with E-state index in [1.165, 1.54) is 0 Å². The summed E-state index contributed by atoms with van der Waals surface area (Å²) in [4.78, 5) is 11.1. The minimum Gasteiger partial charge on any atom is -0.291 e. The lowest BCUT2D eigenvalue weighted by Crippen LogP contribution is -2.35. The summed E-state index contributed by atoms with van der Waals surface area (Å²) in [5.74, 6) is 2.32. The zero-order valence-electron chi connectivity index (χ0n) is 6.44. The van der Waals surface area contributed by atoms with Crippen LogP contribution in [0.4, 0.5) is 0 Å². The molecule has 0 N–H and O–H groups in total. The van der Waals surface area contributed by atoms with Crippen molar-refractivity contribution in [2.24, 2.45) is 0 Å². The Morgan fingerprint density at radius 2 is 2.25 bits per heavy atom. The monoisotopic (exact) mass is 202 g/mol. The number of rotatable bonds is 3. The molecule has 0 unspecified atom stereocenters. The second-order valence-corrected chi connectivity index (χ2v) is 4.07. The van der Waals surface area contributed by atoms with Crippen LogP contribution in [-0.2, 0) is 4.79 Å². The Morgan fingerprint density at radius 3 is 2.67 bits per heavy atom. The first-order valence-electron chi connectivity index (χ1n) is 3.66. The molecule has 0 heterocycles. The van der Waals surface area contributed by atoms with E-state index >= 15 is 0 Å². The molecule has 0 aromatic carbocycles. The summed E-state index contributed by atoms with van der Waals surface area (Å²) in [6, 6.07) is 0. The maximum atomic E-state index is 11.1. The van der Waals surface area contributed by atoms with Crippen molar-refractivity contribution < 1.29 is 4.79 Å². The van der Waals surface area contributed by atoms with E-state index in [1.807, 2.05) is 0 Å². The molecule has 0 spiro atoms. The number of Topliss-reactive ketones (excluding diaryl/α,β-unsaturated/α-hetero) is 1. The molecular formula is C9H8Cl2O. The van der Waals surface area contributed by atoms with E-state index in [0.717, 1.165) is 6.42 Å². The van der Waals surface area contributed by atoms with Crippen molar-refractivity contribution in [3.8, 4) is 12.3 Å². The number of allylic oxidation sites excluding steroid dienone is 2. The van der Waals surface area contributed by atoms with Crippen molar-refractivity contribution in [2.45, 2.75) is 23.6 Å². The quantitative estimate of drug-likeness (QED) is 0.391. The Bertz CT molecular complexity index is 271. The van der Waals surface area contributed by atoms with Gasteiger partial charge in [0.1, 0.15) is 0 Å². The van der Waals surface area contributed by atoms with E-state index in [9.17, 15) is 4.79 Å². The highest BCUT2D eigenvalue weighted by Crippen LogP contribution is 2.38. The number of ketones is 1. The predicted octanol–water partition coefficient (Wildman–Crippen LogP) is 2.47. The molecule has 3 heteroatoms. The summed E-state index contributed by atoms with van der Waals surface area (Å²) >= 11 is 11.1. The van der Waals surface area contributed by atoms with Crippen molar-refractivity contribution in [1.29, 1.82) is 0 Å². The predicted molar refractivity (Wildman–Crippen MR) is 50.2 cm³/mol. The topological polar surface area (TPSA) is 17.1 Å². The fourth-order valence-electron chi connectivity index (χ4n) is 1.05. The number of hydrogen-bond acceptors (Lipinski definition) is 1. The van der Waals surface area contributed by atoms with Crippen LogP contribution >= 0.6 is 23.2 Å². The van der Waals surface area contributed by atoms with Gasteiger partial charge in [-0.15, -0.1) is 12.3 Å². The highest BCUT2D eigenvalue weighted by molar-refractivity contribution is 6.64. The Kier molecular flexibility index (Phi) is 2.82. The molecule has 0 aliphatic heterocycles. The lowest BCUT2D eigenvalue weighted by molar-refractivity contribution is -0.117. The average Bonchev–Trinajstić information content (AvgIpc) is 2.03. The summed E-state index contributed by atoms with van der Waals surface area (Å²) < 4.78 is -1.26. The van der Waals surface area contributed by atoms with Gasteiger partial charge in [-0.3, -0.25) is 4.79 Å². The third kappa shape index (κ3) is 1.83. The van der Waals surface area contributed by atoms with Crippen LogP contribution < -0.4 is 0 Å². The number of halogens is 2. The molecule has 1 rings (SSSR count). The molecule has 0 atom stereocenters. The van der Waals surface area contributed by atoms with Gasteiger partial charge in [0.15, 0.2) is 10.1 Å². The average molecular weight is 203 g/mol. The number of alkyl halides is 2. The first-order chi connectivity index (χ1) is 5.58. The molecule has 0 bridgehead atoms. The lowest BCUT2D eigenvalue weighted by atomic mass is 9.91. The zero-order valence-corrected chi connectivity index (χ0v) is 7.95. The zero-order chi connectivity index (χ0) is 9.19. The van der Waals surface area contributed by atoms with Crippen LogP contribution in [0.15, 0.2) is 11.6 Å². The van der Waals surface area contributed by atoms with E-state index in [-0.39, 0.29) is 5.78 Å². The van der Waals surface area contributed by atoms with E-state index < -0.39 is 4.33 Å². The largest absolute Gasteiger partial charge is 0.291 e. The number of carbonyl (C=O) groups excluding carboxylic acids is 1. The number of hydrogen-bond donors (Lipinski definition) is 0. The normalized spacial score (nSPS) is 19.4. The smallest absolute Gasteiger partial charge is 0.198 e. The molecule has 1 nitrogen and oxygen atoms in total. The number of unbranched alkanes of at least 4 members (excludes halogenated alkanes) is 1. The lowest BCUT2D eigenvalue weighted by Gasteiger charge is -2.25. The van der Waals surface area contributed by atoms with Gasteiger partial charge in [0.05, 0.1) is 0 Å². The molecule has 0 saturated heterocycles. The van der Waals surface area contributed by atoms with Crippen LogP contribution in [0.3, 0.4) is 0 Å². The van der Waals surface area contributed by atoms with E-state index in [0.29, 0.717) is 18.4 Å². The summed E-state index contributed by atoms with van der Waals surface area (Å²) in [6.45, 7) is 0. The first-order valence-corrected chi connectivity index (χ1v) is 4.41. The van der Waals surface area contributed by atoms with Crippen LogP contribution in [0.2, 0.25) is 0 Å². The van der Waals surface area contributed by atoms with Crippen LogP contribution in [0.1, 0.15) is 19.3 Å². The van der Waals surface area contributed by atoms with Crippen LogP contribution in [0.25, 0.3) is 0 Å². The summed E-state index contributed by atoms with van der Waals surface area (Å²) in [5, 5.41) is 0. The number of terminal acetylenes is 1. The van der Waals surface area contributed by atoms with E-state index in [4.69, 9.17) is 29.6 Å². The van der Waals surface area contributed by atoms with Gasteiger partial charge in [0.25, 0.3) is 0 Å². The minimum atomic E-state index is -1.26. The fourth-order valence-corrected chi connectivity index (χ4v) is 1.56. The van der Waals surface area contributed by atoms with Crippen molar-refractivity contribution in [1.82, 2.24) is 0 Å². The van der Waals surface area contributed by atoms with Crippen LogP contribution in [-0.4, -0.2) is 10.1 Å². The first kappa shape index (κ1) is 9.64. The third-order valence-corrected chi connectivity index (χ3v) is 2.28. The highest BCUT2D eigenvalue weighted by atomic mass is 35.5. The molecule has 0 aromatic rings. The molecule has 64 valence electrons. The maximum absolute atomic E-state index is 11.1. The maximum Gasteiger partial charge on any atom is 0.198 e. The number of carbonyl (C=O) groups is 1. The van der Waals surface area contributed by atoms with Gasteiger partial charge < -0.3 is 0 Å². The van der Waals surface area contributed by atoms with Gasteiger partial charge in [-0.1, -0.05) is 23.2 Å². The fraction of sp³-hybridized carbons (Fsp3) is 0.444. The molecule has 0 fully saturated rings. The van der Waals surface area contributed by atoms with Crippen molar-refractivity contribution in [3.63, 3.8) is 0 Å². The third-order valence-electron chi connectivity index (χ3n) is 1.72. The van der Waals surface area contributed by atoms with Crippen molar-refractivity contribution >= 4 is 29.0 Å². The van der Waals surface area contributed by atoms with E-state index in [2.05, 4.69) is 5.92 Å². The van der Waals surface area contributed by atoms with Gasteiger partial charge in [0, 0.05) is 6.42 Å². The Labute approximate surface area is 81.7 Å². The molecule has 0 radical (unpaired) electrons. The second-order valence-electron chi connectivity index (χ2n) is 2.68. The summed E-state index contributed by atoms with van der Waals surface area (Å²) in [5.41, 5.74) is 0.704. The Balaban J connectivity index is 2.40. The molecule has 1 aliphatic carbocycles. The van der Waals surface area contributed by atoms with Gasteiger partial charge in [-0.05, 0) is 24.5 Å². The van der Waals surface area contributed by atoms with Crippen molar-refractivity contribution in [2.75, 3.05) is 0 Å². The summed E-state index contributed by atoms with van der Waals surface area (Å²) in [7, 11) is 0.